The molecule has 4 amide bonds. The van der Waals surface area contributed by atoms with E-state index in [4.69, 9.17) is 23.9 Å². The lowest BCUT2D eigenvalue weighted by Crippen LogP contribution is -2.36. The van der Waals surface area contributed by atoms with Gasteiger partial charge in [-0.15, -0.1) is 10.1 Å². The average molecular weight is 609 g/mol. The zero-order valence-corrected chi connectivity index (χ0v) is 23.8. The Hall–Kier alpha value is -3.88. The highest BCUT2D eigenvalue weighted by Gasteiger charge is 2.38. The molecule has 0 atom stereocenters. The smallest absolute Gasteiger partial charge is 0.336 e. The number of nitrogens with zero attached hydrogens (tertiary/aromatic N) is 2. The van der Waals surface area contributed by atoms with Gasteiger partial charge in [0.2, 0.25) is 0 Å². The second-order valence-corrected chi connectivity index (χ2v) is 11.0. The summed E-state index contributed by atoms with van der Waals surface area (Å²) in [5, 5.41) is 1.06. The van der Waals surface area contributed by atoms with Gasteiger partial charge >= 0.3 is 23.9 Å². The van der Waals surface area contributed by atoms with Crippen LogP contribution in [0.2, 0.25) is 0 Å². The highest BCUT2D eigenvalue weighted by atomic mass is 16.7. The van der Waals surface area contributed by atoms with Gasteiger partial charge in [-0.05, 0) is 51.4 Å². The average Bonchev–Trinajstić information content (AvgIpc) is 3.50. The third-order valence-corrected chi connectivity index (χ3v) is 8.11. The summed E-state index contributed by atoms with van der Waals surface area (Å²) in [7, 11) is 0. The molecule has 4 aliphatic rings. The van der Waals surface area contributed by atoms with Crippen LogP contribution in [0.15, 0.2) is 0 Å². The van der Waals surface area contributed by atoms with Crippen LogP contribution in [-0.4, -0.2) is 84.1 Å². The quantitative estimate of drug-likeness (QED) is 0.173. The molecule has 0 aromatic carbocycles. The van der Waals surface area contributed by atoms with Crippen molar-refractivity contribution in [3.05, 3.63) is 0 Å². The number of ether oxygens (including phenoxy) is 3. The van der Waals surface area contributed by atoms with Crippen LogP contribution in [0.5, 0.6) is 0 Å². The first-order valence-electron chi connectivity index (χ1n) is 14.7. The van der Waals surface area contributed by atoms with E-state index in [0.717, 1.165) is 0 Å². The molecule has 15 nitrogen and oxygen atoms in total. The number of rotatable bonds is 12. The van der Waals surface area contributed by atoms with Crippen LogP contribution in [0.4, 0.5) is 0 Å². The Morgan fingerprint density at radius 3 is 1.05 bits per heavy atom. The Balaban J connectivity index is 1.01. The second-order valence-electron chi connectivity index (χ2n) is 11.0. The van der Waals surface area contributed by atoms with Crippen LogP contribution in [0.3, 0.4) is 0 Å². The van der Waals surface area contributed by atoms with Crippen LogP contribution < -0.4 is 0 Å². The molecule has 43 heavy (non-hydrogen) atoms. The lowest BCUT2D eigenvalue weighted by atomic mass is 9.82. The lowest BCUT2D eigenvalue weighted by Gasteiger charge is -2.26. The summed E-state index contributed by atoms with van der Waals surface area (Å²) in [6.07, 6.45) is 3.28. The van der Waals surface area contributed by atoms with Gasteiger partial charge in [0.05, 0.1) is 36.9 Å². The van der Waals surface area contributed by atoms with E-state index in [1.54, 1.807) is 0 Å². The third-order valence-electron chi connectivity index (χ3n) is 8.11. The van der Waals surface area contributed by atoms with Crippen molar-refractivity contribution in [2.75, 3.05) is 26.4 Å². The van der Waals surface area contributed by atoms with E-state index in [2.05, 4.69) is 0 Å². The topological polar surface area (TPSA) is 189 Å². The molecular formula is C28H36N2O13. The van der Waals surface area contributed by atoms with Crippen molar-refractivity contribution < 1.29 is 62.2 Å². The van der Waals surface area contributed by atoms with Crippen molar-refractivity contribution in [1.29, 1.82) is 0 Å². The molecule has 2 aliphatic carbocycles. The van der Waals surface area contributed by atoms with E-state index in [9.17, 15) is 38.4 Å². The van der Waals surface area contributed by atoms with E-state index < -0.39 is 59.3 Å². The van der Waals surface area contributed by atoms with E-state index >= 15 is 0 Å². The van der Waals surface area contributed by atoms with E-state index in [1.165, 1.54) is 0 Å². The first kappa shape index (κ1) is 32.0. The molecule has 0 N–H and O–H groups in total. The summed E-state index contributed by atoms with van der Waals surface area (Å²) in [6, 6.07) is 0. The summed E-state index contributed by atoms with van der Waals surface area (Å²) in [6.45, 7) is 0.252. The number of amides is 4. The first-order valence-corrected chi connectivity index (χ1v) is 14.7. The maximum Gasteiger partial charge on any atom is 0.336 e. The van der Waals surface area contributed by atoms with Crippen LogP contribution >= 0.6 is 0 Å². The maximum atomic E-state index is 12.4. The standard InChI is InChI=1S/C28H36N2O13/c31-21-9-10-22(32)29(21)42-27(37)19-5-1-17(2-6-19)25(35)40-15-13-39-14-16-41-26(36)18-3-7-20(8-4-18)28(38)43-30-23(33)11-12-24(30)34/h17-20H,1-16H2. The van der Waals surface area contributed by atoms with Crippen LogP contribution in [0.1, 0.15) is 77.0 Å². The summed E-state index contributed by atoms with van der Waals surface area (Å²) in [5.41, 5.74) is 0. The lowest BCUT2D eigenvalue weighted by molar-refractivity contribution is -0.201. The van der Waals surface area contributed by atoms with Gasteiger partial charge < -0.3 is 23.9 Å². The Labute approximate surface area is 247 Å². The molecule has 0 radical (unpaired) electrons. The normalized spacial score (nSPS) is 26.0. The summed E-state index contributed by atoms with van der Waals surface area (Å²) in [5.74, 6) is -5.97. The molecule has 0 unspecified atom stereocenters. The molecule has 0 bridgehead atoms. The van der Waals surface area contributed by atoms with E-state index in [1.807, 2.05) is 0 Å². The van der Waals surface area contributed by atoms with Gasteiger partial charge in [-0.3, -0.25) is 28.8 Å². The van der Waals surface area contributed by atoms with Crippen molar-refractivity contribution in [2.45, 2.75) is 77.0 Å². The van der Waals surface area contributed by atoms with E-state index in [-0.39, 0.29) is 63.9 Å². The minimum atomic E-state index is -0.646. The summed E-state index contributed by atoms with van der Waals surface area (Å²) in [4.78, 5) is 106. The largest absolute Gasteiger partial charge is 0.463 e. The summed E-state index contributed by atoms with van der Waals surface area (Å²) >= 11 is 0. The number of imide groups is 2. The molecule has 0 aromatic rings. The number of hydroxylamine groups is 4. The molecule has 2 heterocycles. The second kappa shape index (κ2) is 15.0. The van der Waals surface area contributed by atoms with Gasteiger partial charge in [-0.2, -0.15) is 0 Å². The van der Waals surface area contributed by atoms with Gasteiger partial charge in [0.1, 0.15) is 13.2 Å². The van der Waals surface area contributed by atoms with Crippen molar-refractivity contribution in [2.24, 2.45) is 23.7 Å². The fraction of sp³-hybridized carbons (Fsp3) is 0.714. The highest BCUT2D eigenvalue weighted by Crippen LogP contribution is 2.32. The van der Waals surface area contributed by atoms with Crippen LogP contribution in [0.25, 0.3) is 0 Å². The molecule has 4 rings (SSSR count). The molecule has 2 saturated heterocycles. The van der Waals surface area contributed by atoms with Gasteiger partial charge in [0.25, 0.3) is 23.6 Å². The predicted molar refractivity (Wildman–Crippen MR) is 138 cm³/mol. The van der Waals surface area contributed by atoms with Crippen LogP contribution in [0, 0.1) is 23.7 Å². The fourth-order valence-corrected chi connectivity index (χ4v) is 5.51. The zero-order valence-electron chi connectivity index (χ0n) is 23.8. The highest BCUT2D eigenvalue weighted by molar-refractivity contribution is 6.02. The molecule has 0 spiro atoms. The number of hydrogen-bond donors (Lipinski definition) is 0. The van der Waals surface area contributed by atoms with Gasteiger partial charge in [-0.25, -0.2) is 9.59 Å². The number of hydrogen-bond acceptors (Lipinski definition) is 13. The molecular weight excluding hydrogens is 572 g/mol. The Kier molecular flexibility index (Phi) is 11.2. The Morgan fingerprint density at radius 1 is 0.465 bits per heavy atom. The van der Waals surface area contributed by atoms with Crippen molar-refractivity contribution >= 4 is 47.5 Å². The van der Waals surface area contributed by atoms with Crippen molar-refractivity contribution in [3.63, 3.8) is 0 Å². The number of carbonyl (C=O) groups excluding carboxylic acids is 8. The third kappa shape index (κ3) is 8.58. The predicted octanol–water partition coefficient (Wildman–Crippen LogP) is 0.917. The zero-order chi connectivity index (χ0) is 30.9. The Morgan fingerprint density at radius 2 is 0.744 bits per heavy atom. The van der Waals surface area contributed by atoms with Gasteiger partial charge in [0.15, 0.2) is 0 Å². The molecule has 2 aliphatic heterocycles. The Bertz CT molecular complexity index is 1000. The molecule has 2 saturated carbocycles. The maximum absolute atomic E-state index is 12.4. The minimum absolute atomic E-state index is 0.0165. The van der Waals surface area contributed by atoms with Gasteiger partial charge in [0, 0.05) is 25.7 Å². The van der Waals surface area contributed by atoms with E-state index in [0.29, 0.717) is 61.5 Å². The van der Waals surface area contributed by atoms with Crippen molar-refractivity contribution in [3.8, 4) is 0 Å². The molecule has 4 fully saturated rings. The fourth-order valence-electron chi connectivity index (χ4n) is 5.51. The minimum Gasteiger partial charge on any atom is -0.463 e. The van der Waals surface area contributed by atoms with Crippen LogP contribution in [-0.2, 0) is 62.2 Å². The molecule has 236 valence electrons. The van der Waals surface area contributed by atoms with Gasteiger partial charge in [-0.1, -0.05) is 0 Å². The first-order chi connectivity index (χ1) is 20.6. The van der Waals surface area contributed by atoms with Crippen molar-refractivity contribution in [1.82, 2.24) is 10.1 Å². The number of esters is 2. The molecule has 15 heteroatoms. The monoisotopic (exact) mass is 608 g/mol. The SMILES string of the molecule is O=C(OCCOCCOC(=O)C1CCC(C(=O)ON2C(=O)CCC2=O)CC1)C1CCC(C(=O)ON2C(=O)CCC2=O)CC1. The summed E-state index contributed by atoms with van der Waals surface area (Å²) < 4.78 is 15.9. The molecule has 0 aromatic heterocycles. The number of carbonyl (C=O) groups is 8.